The molecule has 1 aliphatic heterocycles. The summed E-state index contributed by atoms with van der Waals surface area (Å²) in [4.78, 5) is 12.0. The van der Waals surface area contributed by atoms with Crippen LogP contribution in [0.15, 0.2) is 59.8 Å². The van der Waals surface area contributed by atoms with E-state index in [1.165, 1.54) is 11.1 Å². The Morgan fingerprint density at radius 2 is 1.73 bits per heavy atom. The number of aromatic nitrogens is 4. The van der Waals surface area contributed by atoms with E-state index in [2.05, 4.69) is 41.3 Å². The van der Waals surface area contributed by atoms with Gasteiger partial charge in [0.25, 0.3) is 0 Å². The molecule has 0 unspecified atom stereocenters. The lowest BCUT2D eigenvalue weighted by Gasteiger charge is -2.27. The van der Waals surface area contributed by atoms with E-state index in [9.17, 15) is 0 Å². The molecule has 0 amide bonds. The Bertz CT molecular complexity index is 1170. The van der Waals surface area contributed by atoms with Crippen LogP contribution in [0.3, 0.4) is 0 Å². The fourth-order valence-corrected chi connectivity index (χ4v) is 4.28. The summed E-state index contributed by atoms with van der Waals surface area (Å²) >= 11 is 1.57. The van der Waals surface area contributed by atoms with Crippen LogP contribution >= 0.6 is 11.8 Å². The predicted octanol–water partition coefficient (Wildman–Crippen LogP) is 4.17. The van der Waals surface area contributed by atoms with Crippen LogP contribution in [0.2, 0.25) is 0 Å². The van der Waals surface area contributed by atoms with E-state index in [1.54, 1.807) is 18.9 Å². The molecule has 30 heavy (non-hydrogen) atoms. The van der Waals surface area contributed by atoms with Gasteiger partial charge in [-0.3, -0.25) is 0 Å². The average Bonchev–Trinajstić information content (AvgIpc) is 3.14. The normalized spacial score (nSPS) is 13.1. The summed E-state index contributed by atoms with van der Waals surface area (Å²) in [5.41, 5.74) is 4.46. The van der Waals surface area contributed by atoms with E-state index in [4.69, 9.17) is 19.8 Å². The first kappa shape index (κ1) is 18.9. The molecule has 0 N–H and O–H groups in total. The quantitative estimate of drug-likeness (QED) is 0.347. The van der Waals surface area contributed by atoms with Gasteiger partial charge in [0.1, 0.15) is 11.6 Å². The largest absolute Gasteiger partial charge is 0.497 e. The van der Waals surface area contributed by atoms with Crippen molar-refractivity contribution in [2.24, 2.45) is 0 Å². The smallest absolute Gasteiger partial charge is 0.191 e. The Kier molecular flexibility index (Phi) is 5.04. The van der Waals surface area contributed by atoms with Crippen LogP contribution in [0.5, 0.6) is 5.75 Å². The van der Waals surface area contributed by atoms with E-state index in [0.29, 0.717) is 6.54 Å². The molecule has 0 saturated heterocycles. The van der Waals surface area contributed by atoms with Gasteiger partial charge in [0.2, 0.25) is 0 Å². The first-order valence-electron chi connectivity index (χ1n) is 9.98. The second-order valence-electron chi connectivity index (χ2n) is 7.34. The lowest BCUT2D eigenvalue weighted by atomic mass is 10.1. The van der Waals surface area contributed by atoms with Crippen molar-refractivity contribution >= 4 is 28.6 Å². The Morgan fingerprint density at radius 1 is 0.967 bits per heavy atom. The Labute approximate surface area is 179 Å². The molecule has 2 aromatic heterocycles. The number of benzene rings is 2. The highest BCUT2D eigenvalue weighted by molar-refractivity contribution is 7.98. The maximum absolute atomic E-state index is 5.29. The van der Waals surface area contributed by atoms with Gasteiger partial charge >= 0.3 is 0 Å². The van der Waals surface area contributed by atoms with E-state index < -0.39 is 0 Å². The highest BCUT2D eigenvalue weighted by Gasteiger charge is 2.26. The van der Waals surface area contributed by atoms with Gasteiger partial charge in [-0.2, -0.15) is 5.10 Å². The van der Waals surface area contributed by atoms with Gasteiger partial charge in [-0.1, -0.05) is 54.2 Å². The second kappa shape index (κ2) is 7.99. The third-order valence-corrected chi connectivity index (χ3v) is 5.98. The topological polar surface area (TPSA) is 56.1 Å². The molecule has 0 aliphatic carbocycles. The van der Waals surface area contributed by atoms with Crippen LogP contribution in [0.25, 0.3) is 11.0 Å². The van der Waals surface area contributed by atoms with Gasteiger partial charge in [-0.25, -0.2) is 14.6 Å². The molecule has 0 fully saturated rings. The van der Waals surface area contributed by atoms with Crippen LogP contribution in [0.4, 0.5) is 5.82 Å². The maximum atomic E-state index is 5.29. The number of nitrogens with zero attached hydrogens (tertiary/aromatic N) is 5. The number of hydrogen-bond donors (Lipinski definition) is 0. The molecule has 0 bridgehead atoms. The van der Waals surface area contributed by atoms with Crippen molar-refractivity contribution in [3.05, 3.63) is 71.4 Å². The summed E-state index contributed by atoms with van der Waals surface area (Å²) < 4.78 is 7.32. The van der Waals surface area contributed by atoms with Crippen LogP contribution in [-0.4, -0.2) is 39.7 Å². The first-order chi connectivity index (χ1) is 14.7. The number of rotatable bonds is 6. The van der Waals surface area contributed by atoms with Gasteiger partial charge in [0.05, 0.1) is 24.7 Å². The molecule has 1 aliphatic rings. The zero-order valence-electron chi connectivity index (χ0n) is 17.1. The minimum atomic E-state index is 0.708. The molecule has 3 heterocycles. The second-order valence-corrected chi connectivity index (χ2v) is 8.12. The third-order valence-electron chi connectivity index (χ3n) is 5.43. The predicted molar refractivity (Wildman–Crippen MR) is 120 cm³/mol. The van der Waals surface area contributed by atoms with Crippen LogP contribution in [0.1, 0.15) is 16.8 Å². The minimum Gasteiger partial charge on any atom is -0.497 e. The number of anilines is 1. The first-order valence-corrected chi connectivity index (χ1v) is 11.2. The van der Waals surface area contributed by atoms with Gasteiger partial charge in [-0.05, 0) is 29.5 Å². The molecule has 0 spiro atoms. The monoisotopic (exact) mass is 417 g/mol. The summed E-state index contributed by atoms with van der Waals surface area (Å²) in [5, 5.41) is 6.78. The van der Waals surface area contributed by atoms with Crippen molar-refractivity contribution in [2.45, 2.75) is 24.7 Å². The van der Waals surface area contributed by atoms with E-state index >= 15 is 0 Å². The summed E-state index contributed by atoms with van der Waals surface area (Å²) in [6.45, 7) is 2.40. The molecule has 152 valence electrons. The van der Waals surface area contributed by atoms with E-state index in [1.807, 2.05) is 29.1 Å². The molecule has 0 saturated carbocycles. The zero-order valence-corrected chi connectivity index (χ0v) is 17.9. The molecule has 7 heteroatoms. The van der Waals surface area contributed by atoms with Gasteiger partial charge in [0.15, 0.2) is 10.8 Å². The molecule has 4 aromatic rings. The third kappa shape index (κ3) is 3.50. The number of hydrogen-bond acceptors (Lipinski definition) is 6. The summed E-state index contributed by atoms with van der Waals surface area (Å²) in [7, 11) is 1.69. The molecular weight excluding hydrogens is 394 g/mol. The molecule has 6 nitrogen and oxygen atoms in total. The van der Waals surface area contributed by atoms with Crippen molar-refractivity contribution in [1.82, 2.24) is 19.7 Å². The SMILES string of the molecule is COc1ccc(CN2CCc3nn(Cc4ccccc4)c4nc(SC)nc2c34)cc1. The summed E-state index contributed by atoms with van der Waals surface area (Å²) in [6, 6.07) is 18.6. The standard InChI is InChI=1S/C23H23N5OS/c1-29-18-10-8-17(9-11-18)14-27-13-12-19-20-21(27)24-23(30-2)25-22(20)28(26-19)15-16-6-4-3-5-7-16/h3-11H,12-15H2,1-2H3. The lowest BCUT2D eigenvalue weighted by Crippen LogP contribution is -2.29. The highest BCUT2D eigenvalue weighted by Crippen LogP contribution is 2.34. The van der Waals surface area contributed by atoms with E-state index in [0.717, 1.165) is 53.0 Å². The number of ether oxygens (including phenoxy) is 1. The molecular formula is C23H23N5OS. The summed E-state index contributed by atoms with van der Waals surface area (Å²) in [5.74, 6) is 1.86. The highest BCUT2D eigenvalue weighted by atomic mass is 32.2. The fraction of sp³-hybridized carbons (Fsp3) is 0.261. The Morgan fingerprint density at radius 3 is 2.47 bits per heavy atom. The molecule has 0 atom stereocenters. The Hall–Kier alpha value is -3.06. The average molecular weight is 418 g/mol. The van der Waals surface area contributed by atoms with Crippen molar-refractivity contribution in [3.8, 4) is 5.75 Å². The minimum absolute atomic E-state index is 0.708. The summed E-state index contributed by atoms with van der Waals surface area (Å²) in [6.07, 6.45) is 2.91. The Balaban J connectivity index is 1.54. The van der Waals surface area contributed by atoms with Crippen molar-refractivity contribution < 1.29 is 4.74 Å². The van der Waals surface area contributed by atoms with Gasteiger partial charge < -0.3 is 9.64 Å². The van der Waals surface area contributed by atoms with Gasteiger partial charge in [-0.15, -0.1) is 0 Å². The van der Waals surface area contributed by atoms with Crippen molar-refractivity contribution in [1.29, 1.82) is 0 Å². The molecule has 0 radical (unpaired) electrons. The van der Waals surface area contributed by atoms with Crippen LogP contribution in [-0.2, 0) is 19.5 Å². The zero-order chi connectivity index (χ0) is 20.5. The maximum Gasteiger partial charge on any atom is 0.191 e. The number of methoxy groups -OCH3 is 1. The fourth-order valence-electron chi connectivity index (χ4n) is 3.92. The molecule has 2 aromatic carbocycles. The van der Waals surface area contributed by atoms with Crippen molar-refractivity contribution in [2.75, 3.05) is 24.8 Å². The lowest BCUT2D eigenvalue weighted by molar-refractivity contribution is 0.414. The van der Waals surface area contributed by atoms with E-state index in [-0.39, 0.29) is 0 Å². The van der Waals surface area contributed by atoms with Gasteiger partial charge in [0, 0.05) is 19.5 Å². The number of thioether (sulfide) groups is 1. The van der Waals surface area contributed by atoms with Crippen LogP contribution < -0.4 is 9.64 Å². The molecule has 5 rings (SSSR count). The van der Waals surface area contributed by atoms with Crippen LogP contribution in [0, 0.1) is 0 Å². The van der Waals surface area contributed by atoms with Crippen molar-refractivity contribution in [3.63, 3.8) is 0 Å².